The zero-order chi connectivity index (χ0) is 14.1. The van der Waals surface area contributed by atoms with Crippen LogP contribution >= 0.6 is 0 Å². The quantitative estimate of drug-likeness (QED) is 0.880. The minimum Gasteiger partial charge on any atom is -0.395 e. The van der Waals surface area contributed by atoms with E-state index in [2.05, 4.69) is 22.1 Å². The number of aromatic nitrogens is 3. The van der Waals surface area contributed by atoms with Gasteiger partial charge in [0.05, 0.1) is 18.7 Å². The summed E-state index contributed by atoms with van der Waals surface area (Å²) in [4.78, 5) is 14.5. The highest BCUT2D eigenvalue weighted by atomic mass is 16.3. The molecule has 2 atom stereocenters. The van der Waals surface area contributed by atoms with E-state index in [1.165, 1.54) is 4.68 Å². The smallest absolute Gasteiger partial charge is 0.278 e. The highest BCUT2D eigenvalue weighted by molar-refractivity contribution is 5.76. The predicted molar refractivity (Wildman–Crippen MR) is 75.2 cm³/mol. The molecule has 0 saturated carbocycles. The van der Waals surface area contributed by atoms with Crippen LogP contribution < -0.4 is 5.56 Å². The Morgan fingerprint density at radius 2 is 2.20 bits per heavy atom. The number of rotatable bonds is 3. The van der Waals surface area contributed by atoms with Crippen LogP contribution in [-0.4, -0.2) is 44.2 Å². The minimum absolute atomic E-state index is 0.0928. The number of hydrogen-bond acceptors (Lipinski definition) is 5. The standard InChI is InChI=1S/C14H18N4O2/c1-10-6-7-17(13(10)8-19)9-18-14(20)11-4-2-3-5-12(11)15-16-18/h2-5,10,13,19H,6-9H2,1H3. The molecule has 1 N–H and O–H groups in total. The zero-order valence-corrected chi connectivity index (χ0v) is 11.4. The summed E-state index contributed by atoms with van der Waals surface area (Å²) in [7, 11) is 0. The van der Waals surface area contributed by atoms with Crippen molar-refractivity contribution < 1.29 is 5.11 Å². The van der Waals surface area contributed by atoms with Crippen LogP contribution in [0.2, 0.25) is 0 Å². The molecule has 0 radical (unpaired) electrons. The molecule has 2 heterocycles. The van der Waals surface area contributed by atoms with Gasteiger partial charge < -0.3 is 5.11 Å². The molecule has 1 saturated heterocycles. The van der Waals surface area contributed by atoms with Crippen LogP contribution in [0.15, 0.2) is 29.1 Å². The summed E-state index contributed by atoms with van der Waals surface area (Å²) in [5.41, 5.74) is 0.481. The van der Waals surface area contributed by atoms with Gasteiger partial charge in [-0.1, -0.05) is 24.3 Å². The maximum Gasteiger partial charge on any atom is 0.278 e. The largest absolute Gasteiger partial charge is 0.395 e. The van der Waals surface area contributed by atoms with Crippen LogP contribution in [0.1, 0.15) is 13.3 Å². The lowest BCUT2D eigenvalue weighted by molar-refractivity contribution is 0.107. The maximum absolute atomic E-state index is 12.4. The van der Waals surface area contributed by atoms with E-state index in [0.29, 0.717) is 23.5 Å². The van der Waals surface area contributed by atoms with Crippen molar-refractivity contribution in [2.45, 2.75) is 26.1 Å². The molecule has 2 aromatic rings. The lowest BCUT2D eigenvalue weighted by atomic mass is 10.0. The highest BCUT2D eigenvalue weighted by Gasteiger charge is 2.30. The molecule has 0 amide bonds. The molecule has 1 aliphatic heterocycles. The Morgan fingerprint density at radius 1 is 1.40 bits per heavy atom. The van der Waals surface area contributed by atoms with E-state index in [1.807, 2.05) is 12.1 Å². The number of aliphatic hydroxyl groups is 1. The van der Waals surface area contributed by atoms with E-state index in [-0.39, 0.29) is 18.2 Å². The van der Waals surface area contributed by atoms with E-state index >= 15 is 0 Å². The molecule has 6 heteroatoms. The number of nitrogens with zero attached hydrogens (tertiary/aromatic N) is 4. The van der Waals surface area contributed by atoms with Gasteiger partial charge in [-0.2, -0.15) is 4.68 Å². The molecule has 6 nitrogen and oxygen atoms in total. The van der Waals surface area contributed by atoms with Crippen LogP contribution in [0, 0.1) is 5.92 Å². The summed E-state index contributed by atoms with van der Waals surface area (Å²) in [6.45, 7) is 3.48. The summed E-state index contributed by atoms with van der Waals surface area (Å²) in [6.07, 6.45) is 1.03. The van der Waals surface area contributed by atoms with Crippen molar-refractivity contribution in [1.29, 1.82) is 0 Å². The summed E-state index contributed by atoms with van der Waals surface area (Å²) < 4.78 is 1.38. The van der Waals surface area contributed by atoms with Gasteiger partial charge in [-0.05, 0) is 24.5 Å². The van der Waals surface area contributed by atoms with Crippen molar-refractivity contribution in [2.75, 3.05) is 13.2 Å². The van der Waals surface area contributed by atoms with Crippen molar-refractivity contribution in [2.24, 2.45) is 5.92 Å². The van der Waals surface area contributed by atoms with Gasteiger partial charge >= 0.3 is 0 Å². The summed E-state index contributed by atoms with van der Waals surface area (Å²) in [5, 5.41) is 18.1. The second-order valence-electron chi connectivity index (χ2n) is 5.38. The number of aliphatic hydroxyl groups excluding tert-OH is 1. The Hall–Kier alpha value is -1.79. The molecule has 0 spiro atoms. The van der Waals surface area contributed by atoms with Crippen molar-refractivity contribution in [3.63, 3.8) is 0 Å². The van der Waals surface area contributed by atoms with E-state index in [4.69, 9.17) is 0 Å². The third kappa shape index (κ3) is 2.21. The number of likely N-dealkylation sites (tertiary alicyclic amines) is 1. The first-order valence-electron chi connectivity index (χ1n) is 6.88. The molecule has 0 aliphatic carbocycles. The first kappa shape index (κ1) is 13.2. The Labute approximate surface area is 116 Å². The average molecular weight is 274 g/mol. The third-order valence-electron chi connectivity index (χ3n) is 4.13. The van der Waals surface area contributed by atoms with E-state index in [9.17, 15) is 9.90 Å². The van der Waals surface area contributed by atoms with Gasteiger partial charge in [-0.25, -0.2) is 0 Å². The van der Waals surface area contributed by atoms with E-state index in [1.54, 1.807) is 12.1 Å². The van der Waals surface area contributed by atoms with Gasteiger partial charge in [-0.15, -0.1) is 5.10 Å². The molecule has 3 rings (SSSR count). The summed E-state index contributed by atoms with van der Waals surface area (Å²) >= 11 is 0. The summed E-state index contributed by atoms with van der Waals surface area (Å²) in [6, 6.07) is 7.30. The van der Waals surface area contributed by atoms with E-state index < -0.39 is 0 Å². The second-order valence-corrected chi connectivity index (χ2v) is 5.38. The van der Waals surface area contributed by atoms with Crippen LogP contribution in [0.3, 0.4) is 0 Å². The number of benzene rings is 1. The molecule has 2 unspecified atom stereocenters. The Kier molecular flexibility index (Phi) is 3.50. The van der Waals surface area contributed by atoms with Crippen LogP contribution in [0.5, 0.6) is 0 Å². The lowest BCUT2D eigenvalue weighted by Crippen LogP contribution is -2.40. The van der Waals surface area contributed by atoms with Gasteiger partial charge in [0.15, 0.2) is 0 Å². The first-order valence-corrected chi connectivity index (χ1v) is 6.88. The third-order valence-corrected chi connectivity index (χ3v) is 4.13. The van der Waals surface area contributed by atoms with Crippen molar-refractivity contribution in [1.82, 2.24) is 19.9 Å². The fourth-order valence-electron chi connectivity index (χ4n) is 2.85. The lowest BCUT2D eigenvalue weighted by Gasteiger charge is -2.24. The van der Waals surface area contributed by atoms with Gasteiger partial charge in [0.1, 0.15) is 5.52 Å². The number of fused-ring (bicyclic) bond motifs is 1. The molecular weight excluding hydrogens is 256 g/mol. The molecule has 1 fully saturated rings. The van der Waals surface area contributed by atoms with Crippen molar-refractivity contribution in [3.8, 4) is 0 Å². The van der Waals surface area contributed by atoms with Crippen LogP contribution in [0.4, 0.5) is 0 Å². The Bertz CT molecular complexity index is 670. The molecule has 106 valence electrons. The Morgan fingerprint density at radius 3 is 3.00 bits per heavy atom. The second kappa shape index (κ2) is 5.30. The number of hydrogen-bond donors (Lipinski definition) is 1. The zero-order valence-electron chi connectivity index (χ0n) is 11.4. The topological polar surface area (TPSA) is 71.2 Å². The Balaban J connectivity index is 1.92. The molecular formula is C14H18N4O2. The van der Waals surface area contributed by atoms with E-state index in [0.717, 1.165) is 13.0 Å². The molecule has 1 aromatic carbocycles. The first-order chi connectivity index (χ1) is 9.70. The van der Waals surface area contributed by atoms with Gasteiger partial charge in [0, 0.05) is 12.6 Å². The molecule has 20 heavy (non-hydrogen) atoms. The monoisotopic (exact) mass is 274 g/mol. The van der Waals surface area contributed by atoms with Gasteiger partial charge in [0.2, 0.25) is 0 Å². The van der Waals surface area contributed by atoms with Gasteiger partial charge in [-0.3, -0.25) is 9.69 Å². The molecule has 0 bridgehead atoms. The predicted octanol–water partition coefficient (Wildman–Crippen LogP) is 0.452. The van der Waals surface area contributed by atoms with Gasteiger partial charge in [0.25, 0.3) is 5.56 Å². The highest BCUT2D eigenvalue weighted by Crippen LogP contribution is 2.23. The van der Waals surface area contributed by atoms with Crippen LogP contribution in [0.25, 0.3) is 10.9 Å². The normalized spacial score (nSPS) is 23.5. The SMILES string of the molecule is CC1CCN(Cn2nnc3ccccc3c2=O)C1CO. The fraction of sp³-hybridized carbons (Fsp3) is 0.500. The molecule has 1 aliphatic rings. The van der Waals surface area contributed by atoms with Crippen molar-refractivity contribution >= 4 is 10.9 Å². The molecule has 1 aromatic heterocycles. The maximum atomic E-state index is 12.4. The van der Waals surface area contributed by atoms with Crippen molar-refractivity contribution in [3.05, 3.63) is 34.6 Å². The summed E-state index contributed by atoms with van der Waals surface area (Å²) in [5.74, 6) is 0.434. The fourth-order valence-corrected chi connectivity index (χ4v) is 2.85. The average Bonchev–Trinajstić information content (AvgIpc) is 2.82. The minimum atomic E-state index is -0.133. The van der Waals surface area contributed by atoms with Crippen LogP contribution in [-0.2, 0) is 6.67 Å².